The van der Waals surface area contributed by atoms with Gasteiger partial charge >= 0.3 is 0 Å². The fourth-order valence-electron chi connectivity index (χ4n) is 3.17. The highest BCUT2D eigenvalue weighted by molar-refractivity contribution is 6.04. The van der Waals surface area contributed by atoms with Gasteiger partial charge in [0.15, 0.2) is 11.5 Å². The monoisotopic (exact) mass is 386 g/mol. The van der Waals surface area contributed by atoms with Gasteiger partial charge in [-0.15, -0.1) is 0 Å². The van der Waals surface area contributed by atoms with E-state index in [0.717, 1.165) is 31.8 Å². The smallest absolute Gasteiger partial charge is 0.258 e. The maximum Gasteiger partial charge on any atom is 0.258 e. The van der Waals surface area contributed by atoms with Crippen molar-refractivity contribution in [1.29, 1.82) is 0 Å². The maximum absolute atomic E-state index is 12.6. The summed E-state index contributed by atoms with van der Waals surface area (Å²) in [6, 6.07) is 3.34. The molecule has 3 rings (SSSR count). The molecule has 1 fully saturated rings. The molecule has 0 bridgehead atoms. The number of hydrogen-bond acceptors (Lipinski definition) is 7. The Morgan fingerprint density at radius 3 is 2.11 bits per heavy atom. The molecular weight excluding hydrogens is 360 g/mol. The zero-order valence-corrected chi connectivity index (χ0v) is 16.7. The van der Waals surface area contributed by atoms with Gasteiger partial charge in [-0.25, -0.2) is 9.97 Å². The first kappa shape index (κ1) is 19.7. The molecule has 150 valence electrons. The molecule has 1 N–H and O–H groups in total. The summed E-state index contributed by atoms with van der Waals surface area (Å²) in [6.45, 7) is 4.14. The lowest BCUT2D eigenvalue weighted by molar-refractivity contribution is 0.102. The molecule has 8 heteroatoms. The van der Waals surface area contributed by atoms with Crippen LogP contribution < -0.4 is 24.4 Å². The number of ether oxygens (including phenoxy) is 3. The summed E-state index contributed by atoms with van der Waals surface area (Å²) in [5.41, 5.74) is 0.900. The highest BCUT2D eigenvalue weighted by Gasteiger charge is 2.19. The summed E-state index contributed by atoms with van der Waals surface area (Å²) < 4.78 is 15.9. The number of aromatic nitrogens is 2. The Labute approximate surface area is 164 Å². The Morgan fingerprint density at radius 2 is 1.61 bits per heavy atom. The highest BCUT2D eigenvalue weighted by atomic mass is 16.5. The van der Waals surface area contributed by atoms with Crippen molar-refractivity contribution in [3.05, 3.63) is 30.1 Å². The Hall–Kier alpha value is -3.03. The zero-order chi connectivity index (χ0) is 20.1. The number of nitrogens with zero attached hydrogens (tertiary/aromatic N) is 3. The van der Waals surface area contributed by atoms with Gasteiger partial charge in [0.25, 0.3) is 5.91 Å². The van der Waals surface area contributed by atoms with Gasteiger partial charge in [-0.1, -0.05) is 6.92 Å². The third kappa shape index (κ3) is 4.27. The predicted octanol–water partition coefficient (Wildman–Crippen LogP) is 2.99. The van der Waals surface area contributed by atoms with Gasteiger partial charge in [0.05, 0.1) is 26.9 Å². The summed E-state index contributed by atoms with van der Waals surface area (Å²) in [4.78, 5) is 23.5. The van der Waals surface area contributed by atoms with Crippen molar-refractivity contribution in [3.8, 4) is 17.2 Å². The van der Waals surface area contributed by atoms with Crippen LogP contribution in [0.2, 0.25) is 0 Å². The third-order valence-corrected chi connectivity index (χ3v) is 4.89. The van der Waals surface area contributed by atoms with E-state index < -0.39 is 0 Å². The fraction of sp³-hybridized carbons (Fsp3) is 0.450. The Bertz CT molecular complexity index is 792. The SMILES string of the molecule is COc1cc(NC(=O)c2cnc(N3CCC(C)CC3)nc2)cc(OC)c1OC. The molecule has 0 aliphatic carbocycles. The van der Waals surface area contributed by atoms with Crippen LogP contribution in [0.4, 0.5) is 11.6 Å². The van der Waals surface area contributed by atoms with Crippen LogP contribution >= 0.6 is 0 Å². The number of piperidine rings is 1. The van der Waals surface area contributed by atoms with Gasteiger partial charge in [0.1, 0.15) is 0 Å². The number of carbonyl (C=O) groups excluding carboxylic acids is 1. The zero-order valence-electron chi connectivity index (χ0n) is 16.7. The Kier molecular flexibility index (Phi) is 6.18. The minimum Gasteiger partial charge on any atom is -0.493 e. The number of methoxy groups -OCH3 is 3. The molecule has 28 heavy (non-hydrogen) atoms. The molecule has 0 radical (unpaired) electrons. The Balaban J connectivity index is 1.72. The topological polar surface area (TPSA) is 85.8 Å². The number of benzene rings is 1. The second-order valence-corrected chi connectivity index (χ2v) is 6.81. The van der Waals surface area contributed by atoms with E-state index in [1.807, 2.05) is 0 Å². The minimum absolute atomic E-state index is 0.312. The van der Waals surface area contributed by atoms with Gasteiger partial charge in [0, 0.05) is 43.3 Å². The molecule has 0 saturated carbocycles. The number of amides is 1. The first-order valence-corrected chi connectivity index (χ1v) is 9.24. The molecule has 2 heterocycles. The van der Waals surface area contributed by atoms with E-state index in [1.165, 1.54) is 21.3 Å². The van der Waals surface area contributed by atoms with Crippen molar-refractivity contribution in [1.82, 2.24) is 9.97 Å². The lowest BCUT2D eigenvalue weighted by atomic mass is 10.00. The van der Waals surface area contributed by atoms with E-state index in [4.69, 9.17) is 14.2 Å². The van der Waals surface area contributed by atoms with E-state index in [2.05, 4.69) is 27.1 Å². The van der Waals surface area contributed by atoms with Crippen LogP contribution in [0.25, 0.3) is 0 Å². The molecule has 0 spiro atoms. The van der Waals surface area contributed by atoms with Gasteiger partial charge in [0.2, 0.25) is 11.7 Å². The minimum atomic E-state index is -0.312. The molecule has 8 nitrogen and oxygen atoms in total. The molecule has 1 saturated heterocycles. The summed E-state index contributed by atoms with van der Waals surface area (Å²) in [6.07, 6.45) is 5.36. The van der Waals surface area contributed by atoms with Crippen molar-refractivity contribution in [2.24, 2.45) is 5.92 Å². The molecule has 1 amide bonds. The second kappa shape index (κ2) is 8.77. The van der Waals surface area contributed by atoms with E-state index in [9.17, 15) is 4.79 Å². The number of carbonyl (C=O) groups is 1. The van der Waals surface area contributed by atoms with Crippen LogP contribution in [-0.2, 0) is 0 Å². The number of rotatable bonds is 6. The van der Waals surface area contributed by atoms with Crippen molar-refractivity contribution in [2.75, 3.05) is 44.6 Å². The molecule has 1 aromatic carbocycles. The number of hydrogen-bond donors (Lipinski definition) is 1. The van der Waals surface area contributed by atoms with E-state index in [1.54, 1.807) is 24.5 Å². The lowest BCUT2D eigenvalue weighted by Gasteiger charge is -2.30. The number of nitrogens with one attached hydrogen (secondary N) is 1. The van der Waals surface area contributed by atoms with Gasteiger partial charge in [-0.2, -0.15) is 0 Å². The molecule has 1 aromatic heterocycles. The van der Waals surface area contributed by atoms with E-state index in [-0.39, 0.29) is 5.91 Å². The first-order chi connectivity index (χ1) is 13.5. The summed E-state index contributed by atoms with van der Waals surface area (Å²) in [5, 5.41) is 2.82. The van der Waals surface area contributed by atoms with Crippen LogP contribution in [0.15, 0.2) is 24.5 Å². The van der Waals surface area contributed by atoms with E-state index in [0.29, 0.717) is 34.4 Å². The van der Waals surface area contributed by atoms with Crippen LogP contribution in [0.3, 0.4) is 0 Å². The standard InChI is InChI=1S/C20H26N4O4/c1-13-5-7-24(8-6-13)20-21-11-14(12-22-20)19(25)23-15-9-16(26-2)18(28-4)17(10-15)27-3/h9-13H,5-8H2,1-4H3,(H,23,25). The van der Waals surface area contributed by atoms with Gasteiger partial charge in [-0.05, 0) is 18.8 Å². The van der Waals surface area contributed by atoms with Crippen LogP contribution in [0.1, 0.15) is 30.1 Å². The van der Waals surface area contributed by atoms with Crippen molar-refractivity contribution >= 4 is 17.5 Å². The molecule has 1 aliphatic rings. The molecular formula is C20H26N4O4. The first-order valence-electron chi connectivity index (χ1n) is 9.24. The normalized spacial score (nSPS) is 14.5. The Morgan fingerprint density at radius 1 is 1.04 bits per heavy atom. The van der Waals surface area contributed by atoms with Crippen molar-refractivity contribution in [2.45, 2.75) is 19.8 Å². The van der Waals surface area contributed by atoms with Crippen LogP contribution in [0, 0.1) is 5.92 Å². The van der Waals surface area contributed by atoms with Gasteiger partial charge in [-0.3, -0.25) is 4.79 Å². The molecule has 1 aliphatic heterocycles. The quantitative estimate of drug-likeness (QED) is 0.817. The lowest BCUT2D eigenvalue weighted by Crippen LogP contribution is -2.34. The molecule has 0 atom stereocenters. The maximum atomic E-state index is 12.6. The second-order valence-electron chi connectivity index (χ2n) is 6.81. The van der Waals surface area contributed by atoms with Crippen molar-refractivity contribution in [3.63, 3.8) is 0 Å². The van der Waals surface area contributed by atoms with Crippen molar-refractivity contribution < 1.29 is 19.0 Å². The van der Waals surface area contributed by atoms with Crippen LogP contribution in [-0.4, -0.2) is 50.3 Å². The molecule has 2 aromatic rings. The third-order valence-electron chi connectivity index (χ3n) is 4.89. The molecule has 0 unspecified atom stereocenters. The summed E-state index contributed by atoms with van der Waals surface area (Å²) >= 11 is 0. The average molecular weight is 386 g/mol. The highest BCUT2D eigenvalue weighted by Crippen LogP contribution is 2.40. The average Bonchev–Trinajstić information content (AvgIpc) is 2.73. The fourth-order valence-corrected chi connectivity index (χ4v) is 3.17. The van der Waals surface area contributed by atoms with E-state index >= 15 is 0 Å². The predicted molar refractivity (Wildman–Crippen MR) is 107 cm³/mol. The number of anilines is 2. The summed E-state index contributed by atoms with van der Waals surface area (Å²) in [7, 11) is 4.58. The summed E-state index contributed by atoms with van der Waals surface area (Å²) in [5.74, 6) is 2.47. The van der Waals surface area contributed by atoms with Gasteiger partial charge < -0.3 is 24.4 Å². The van der Waals surface area contributed by atoms with Crippen LogP contribution in [0.5, 0.6) is 17.2 Å². The largest absolute Gasteiger partial charge is 0.493 e.